The number of hydrogen-bond acceptors (Lipinski definition) is 7. The molecule has 31 heavy (non-hydrogen) atoms. The van der Waals surface area contributed by atoms with Crippen LogP contribution in [0.4, 0.5) is 15.2 Å². The third kappa shape index (κ3) is 6.36. The Morgan fingerprint density at radius 3 is 2.48 bits per heavy atom. The summed E-state index contributed by atoms with van der Waals surface area (Å²) in [5.41, 5.74) is 1.37. The summed E-state index contributed by atoms with van der Waals surface area (Å²) >= 11 is 2.72. The number of nitrogens with one attached hydrogen (secondary N) is 1. The van der Waals surface area contributed by atoms with Crippen molar-refractivity contribution in [1.29, 1.82) is 0 Å². The normalized spacial score (nSPS) is 11.2. The highest BCUT2D eigenvalue weighted by molar-refractivity contribution is 8.01. The molecule has 0 bridgehead atoms. The zero-order valence-corrected chi connectivity index (χ0v) is 18.9. The molecule has 7 nitrogen and oxygen atoms in total. The molecule has 0 atom stereocenters. The lowest BCUT2D eigenvalue weighted by Crippen LogP contribution is -2.29. The van der Waals surface area contributed by atoms with E-state index in [9.17, 15) is 17.6 Å². The fraction of sp³-hybridized carbons (Fsp3) is 0.150. The maximum absolute atomic E-state index is 13.1. The number of aromatic nitrogens is 2. The van der Waals surface area contributed by atoms with Gasteiger partial charge in [0.15, 0.2) is 4.34 Å². The third-order valence-corrected chi connectivity index (χ3v) is 7.12. The van der Waals surface area contributed by atoms with E-state index in [0.29, 0.717) is 27.7 Å². The molecule has 3 rings (SSSR count). The summed E-state index contributed by atoms with van der Waals surface area (Å²) in [5.74, 6) is -0.0852. The minimum Gasteiger partial charge on any atom is -0.296 e. The van der Waals surface area contributed by atoms with Crippen molar-refractivity contribution in [3.8, 4) is 0 Å². The Kier molecular flexibility index (Phi) is 7.42. The van der Waals surface area contributed by atoms with E-state index in [-0.39, 0.29) is 12.5 Å². The highest BCUT2D eigenvalue weighted by atomic mass is 32.2. The number of carbonyl (C=O) groups is 1. The van der Waals surface area contributed by atoms with Crippen molar-refractivity contribution < 1.29 is 17.6 Å². The molecule has 162 valence electrons. The minimum atomic E-state index is -3.60. The molecule has 2 aromatic carbocycles. The Hall–Kier alpha value is -2.76. The zero-order valence-electron chi connectivity index (χ0n) is 16.5. The van der Waals surface area contributed by atoms with Gasteiger partial charge in [0.05, 0.1) is 18.5 Å². The van der Waals surface area contributed by atoms with Gasteiger partial charge in [0, 0.05) is 11.3 Å². The predicted octanol–water partition coefficient (Wildman–Crippen LogP) is 4.17. The standard InChI is InChI=1S/C20H19FN4O3S3/c1-3-12-29-20-24-23-19(30-20)22-18(26)15-6-10-17(11-7-15)25(31(2,27)28)13-14-4-8-16(21)9-5-14/h3-11H,1,12-13H2,2H3,(H,22,23,26). The molecule has 1 aromatic heterocycles. The average Bonchev–Trinajstić information content (AvgIpc) is 3.18. The van der Waals surface area contributed by atoms with Crippen molar-refractivity contribution in [2.75, 3.05) is 21.6 Å². The van der Waals surface area contributed by atoms with Crippen LogP contribution in [-0.2, 0) is 16.6 Å². The van der Waals surface area contributed by atoms with Crippen LogP contribution in [0.3, 0.4) is 0 Å². The third-order valence-electron chi connectivity index (χ3n) is 4.01. The van der Waals surface area contributed by atoms with Gasteiger partial charge in [-0.05, 0) is 42.0 Å². The molecule has 0 aliphatic heterocycles. The van der Waals surface area contributed by atoms with Crippen molar-refractivity contribution in [3.63, 3.8) is 0 Å². The molecule has 0 aliphatic rings. The van der Waals surface area contributed by atoms with Gasteiger partial charge in [0.2, 0.25) is 15.2 Å². The maximum atomic E-state index is 13.1. The number of amides is 1. The molecule has 1 heterocycles. The number of halogens is 1. The first kappa shape index (κ1) is 22.9. The summed E-state index contributed by atoms with van der Waals surface area (Å²) in [7, 11) is -3.60. The lowest BCUT2D eigenvalue weighted by molar-refractivity contribution is 0.102. The van der Waals surface area contributed by atoms with Gasteiger partial charge >= 0.3 is 0 Å². The molecule has 1 amide bonds. The second-order valence-electron chi connectivity index (χ2n) is 6.37. The van der Waals surface area contributed by atoms with Crippen LogP contribution in [0.25, 0.3) is 0 Å². The van der Waals surface area contributed by atoms with Crippen molar-refractivity contribution >= 4 is 49.8 Å². The van der Waals surface area contributed by atoms with Gasteiger partial charge in [0.25, 0.3) is 5.91 Å². The Balaban J connectivity index is 1.73. The van der Waals surface area contributed by atoms with Crippen LogP contribution in [0.15, 0.2) is 65.5 Å². The highest BCUT2D eigenvalue weighted by Crippen LogP contribution is 2.26. The fourth-order valence-electron chi connectivity index (χ4n) is 2.55. The number of benzene rings is 2. The van der Waals surface area contributed by atoms with Gasteiger partial charge in [-0.3, -0.25) is 14.4 Å². The number of carbonyl (C=O) groups excluding carboxylic acids is 1. The molecular formula is C20H19FN4O3S3. The van der Waals surface area contributed by atoms with Crippen molar-refractivity contribution in [2.45, 2.75) is 10.9 Å². The second-order valence-corrected chi connectivity index (χ2v) is 10.5. The number of anilines is 2. The smallest absolute Gasteiger partial charge is 0.257 e. The van der Waals surface area contributed by atoms with Crippen molar-refractivity contribution in [3.05, 3.63) is 78.1 Å². The number of nitrogens with zero attached hydrogens (tertiary/aromatic N) is 3. The van der Waals surface area contributed by atoms with Gasteiger partial charge in [-0.2, -0.15) is 0 Å². The molecule has 0 unspecified atom stereocenters. The number of sulfonamides is 1. The highest BCUT2D eigenvalue weighted by Gasteiger charge is 2.19. The first-order valence-corrected chi connectivity index (χ1v) is 12.6. The van der Waals surface area contributed by atoms with E-state index in [1.54, 1.807) is 18.2 Å². The maximum Gasteiger partial charge on any atom is 0.257 e. The molecule has 0 spiro atoms. The molecule has 0 aliphatic carbocycles. The largest absolute Gasteiger partial charge is 0.296 e. The van der Waals surface area contributed by atoms with E-state index in [4.69, 9.17) is 0 Å². The monoisotopic (exact) mass is 478 g/mol. The first-order chi connectivity index (χ1) is 14.8. The summed E-state index contributed by atoms with van der Waals surface area (Å²) in [4.78, 5) is 12.5. The SMILES string of the molecule is C=CCSc1nnc(NC(=O)c2ccc(N(Cc3ccc(F)cc3)S(C)(=O)=O)cc2)s1. The zero-order chi connectivity index (χ0) is 22.4. The van der Waals surface area contributed by atoms with Crippen molar-refractivity contribution in [2.24, 2.45) is 0 Å². The molecule has 1 N–H and O–H groups in total. The molecular weight excluding hydrogens is 459 g/mol. The molecule has 0 radical (unpaired) electrons. The minimum absolute atomic E-state index is 0.0423. The fourth-order valence-corrected chi connectivity index (χ4v) is 4.95. The number of hydrogen-bond donors (Lipinski definition) is 1. The van der Waals surface area contributed by atoms with Crippen LogP contribution in [0.5, 0.6) is 0 Å². The van der Waals surface area contributed by atoms with Crippen LogP contribution in [0.1, 0.15) is 15.9 Å². The Morgan fingerprint density at radius 1 is 1.19 bits per heavy atom. The van der Waals surface area contributed by atoms with E-state index in [1.165, 1.54) is 63.8 Å². The first-order valence-electron chi connectivity index (χ1n) is 8.97. The van der Waals surface area contributed by atoms with Gasteiger partial charge in [-0.15, -0.1) is 16.8 Å². The summed E-state index contributed by atoms with van der Waals surface area (Å²) in [6.45, 7) is 3.68. The lowest BCUT2D eigenvalue weighted by Gasteiger charge is -2.22. The predicted molar refractivity (Wildman–Crippen MR) is 123 cm³/mol. The molecule has 0 saturated heterocycles. The summed E-state index contributed by atoms with van der Waals surface area (Å²) in [6.07, 6.45) is 2.84. The Labute approximate surface area is 188 Å². The van der Waals surface area contributed by atoms with Gasteiger partial charge in [-0.1, -0.05) is 41.3 Å². The van der Waals surface area contributed by atoms with E-state index >= 15 is 0 Å². The molecule has 11 heteroatoms. The van der Waals surface area contributed by atoms with E-state index in [0.717, 1.165) is 10.6 Å². The second kappa shape index (κ2) is 10.0. The van der Waals surface area contributed by atoms with Crippen molar-refractivity contribution in [1.82, 2.24) is 10.2 Å². The summed E-state index contributed by atoms with van der Waals surface area (Å²) < 4.78 is 39.6. The van der Waals surface area contributed by atoms with Crippen LogP contribution in [-0.4, -0.2) is 36.5 Å². The molecule has 3 aromatic rings. The van der Waals surface area contributed by atoms with Gasteiger partial charge in [0.1, 0.15) is 5.82 Å². The Morgan fingerprint density at radius 2 is 1.87 bits per heavy atom. The lowest BCUT2D eigenvalue weighted by atomic mass is 10.2. The summed E-state index contributed by atoms with van der Waals surface area (Å²) in [6, 6.07) is 11.8. The summed E-state index contributed by atoms with van der Waals surface area (Å²) in [5, 5.41) is 11.0. The van der Waals surface area contributed by atoms with E-state index in [2.05, 4.69) is 22.1 Å². The van der Waals surface area contributed by atoms with Crippen LogP contribution in [0, 0.1) is 5.82 Å². The molecule has 0 fully saturated rings. The average molecular weight is 479 g/mol. The topological polar surface area (TPSA) is 92.3 Å². The quantitative estimate of drug-likeness (QED) is 0.282. The van der Waals surface area contributed by atoms with Crippen LogP contribution >= 0.6 is 23.1 Å². The van der Waals surface area contributed by atoms with Gasteiger partial charge < -0.3 is 0 Å². The number of thioether (sulfide) groups is 1. The Bertz CT molecular complexity index is 1160. The van der Waals surface area contributed by atoms with E-state index in [1.807, 2.05) is 0 Å². The van der Waals surface area contributed by atoms with Gasteiger partial charge in [-0.25, -0.2) is 12.8 Å². The number of rotatable bonds is 9. The van der Waals surface area contributed by atoms with E-state index < -0.39 is 15.8 Å². The molecule has 0 saturated carbocycles. The van der Waals surface area contributed by atoms with Crippen LogP contribution < -0.4 is 9.62 Å². The van der Waals surface area contributed by atoms with Crippen LogP contribution in [0.2, 0.25) is 0 Å².